The number of hydrogen-bond donors (Lipinski definition) is 1. The summed E-state index contributed by atoms with van der Waals surface area (Å²) in [7, 11) is 4.10. The molecule has 1 saturated carbocycles. The fraction of sp³-hybridized carbons (Fsp3) is 0.786. The molecule has 0 spiro atoms. The summed E-state index contributed by atoms with van der Waals surface area (Å²) in [6.07, 6.45) is 10.5. The van der Waals surface area contributed by atoms with Crippen molar-refractivity contribution in [2.24, 2.45) is 13.0 Å². The lowest BCUT2D eigenvalue weighted by Crippen LogP contribution is -2.25. The first kappa shape index (κ1) is 12.6. The van der Waals surface area contributed by atoms with Crippen LogP contribution in [0.4, 0.5) is 0 Å². The highest BCUT2D eigenvalue weighted by atomic mass is 15.3. The summed E-state index contributed by atoms with van der Waals surface area (Å²) >= 11 is 0. The number of nitrogens with zero attached hydrogens (tertiary/aromatic N) is 2. The van der Waals surface area contributed by atoms with Gasteiger partial charge in [-0.25, -0.2) is 0 Å². The van der Waals surface area contributed by atoms with Gasteiger partial charge in [0.1, 0.15) is 0 Å². The lowest BCUT2D eigenvalue weighted by atomic mass is 9.87. The molecule has 0 radical (unpaired) electrons. The van der Waals surface area contributed by atoms with Crippen molar-refractivity contribution in [3.05, 3.63) is 17.5 Å². The molecular weight excluding hydrogens is 210 g/mol. The van der Waals surface area contributed by atoms with Gasteiger partial charge in [0.05, 0.1) is 5.69 Å². The maximum absolute atomic E-state index is 4.47. The Hall–Kier alpha value is -0.830. The average molecular weight is 235 g/mol. The minimum atomic E-state index is 0.488. The summed E-state index contributed by atoms with van der Waals surface area (Å²) in [5.41, 5.74) is 2.57. The first-order chi connectivity index (χ1) is 8.22. The summed E-state index contributed by atoms with van der Waals surface area (Å²) in [6.45, 7) is 2.12. The van der Waals surface area contributed by atoms with Crippen LogP contribution in [0.15, 0.2) is 6.20 Å². The highest BCUT2D eigenvalue weighted by Gasteiger charge is 2.25. The summed E-state index contributed by atoms with van der Waals surface area (Å²) in [6, 6.07) is 0.488. The van der Waals surface area contributed by atoms with Crippen LogP contribution < -0.4 is 5.32 Å². The van der Waals surface area contributed by atoms with E-state index in [1.54, 1.807) is 0 Å². The van der Waals surface area contributed by atoms with E-state index in [2.05, 4.69) is 30.6 Å². The zero-order chi connectivity index (χ0) is 12.3. The normalized spacial score (nSPS) is 20.2. The van der Waals surface area contributed by atoms with Crippen molar-refractivity contribution < 1.29 is 0 Å². The van der Waals surface area contributed by atoms with Crippen molar-refractivity contribution in [1.82, 2.24) is 15.1 Å². The van der Waals surface area contributed by atoms with Crippen LogP contribution in [0.1, 0.15) is 55.8 Å². The second-order valence-electron chi connectivity index (χ2n) is 5.36. The van der Waals surface area contributed by atoms with Gasteiger partial charge in [-0.3, -0.25) is 4.68 Å². The average Bonchev–Trinajstić information content (AvgIpc) is 2.55. The number of aryl methyl sites for hydroxylation is 2. The zero-order valence-electron chi connectivity index (χ0n) is 11.4. The fourth-order valence-corrected chi connectivity index (χ4v) is 3.21. The second kappa shape index (κ2) is 5.67. The molecule has 1 fully saturated rings. The molecule has 1 aliphatic rings. The minimum absolute atomic E-state index is 0.488. The number of hydrogen-bond acceptors (Lipinski definition) is 2. The Labute approximate surface area is 105 Å². The smallest absolute Gasteiger partial charge is 0.0641 e. The van der Waals surface area contributed by atoms with Gasteiger partial charge in [-0.2, -0.15) is 5.10 Å². The largest absolute Gasteiger partial charge is 0.313 e. The SMILES string of the molecule is CNC(c1cn(C)nc1C)C1CCCCCC1. The van der Waals surface area contributed by atoms with Gasteiger partial charge in [0.2, 0.25) is 0 Å². The van der Waals surface area contributed by atoms with E-state index in [4.69, 9.17) is 0 Å². The highest BCUT2D eigenvalue weighted by Crippen LogP contribution is 2.34. The van der Waals surface area contributed by atoms with Gasteiger partial charge in [0.25, 0.3) is 0 Å². The Balaban J connectivity index is 2.16. The molecule has 2 rings (SSSR count). The molecule has 0 bridgehead atoms. The molecule has 1 aromatic heterocycles. The van der Waals surface area contributed by atoms with Gasteiger partial charge in [0.15, 0.2) is 0 Å². The molecule has 0 aliphatic heterocycles. The molecule has 0 aromatic carbocycles. The lowest BCUT2D eigenvalue weighted by Gasteiger charge is -2.25. The third-order valence-corrected chi connectivity index (χ3v) is 4.07. The molecule has 96 valence electrons. The summed E-state index contributed by atoms with van der Waals surface area (Å²) in [4.78, 5) is 0. The van der Waals surface area contributed by atoms with Crippen LogP contribution in [-0.4, -0.2) is 16.8 Å². The van der Waals surface area contributed by atoms with E-state index >= 15 is 0 Å². The Morgan fingerprint density at radius 1 is 1.29 bits per heavy atom. The first-order valence-corrected chi connectivity index (χ1v) is 6.89. The minimum Gasteiger partial charge on any atom is -0.313 e. The second-order valence-corrected chi connectivity index (χ2v) is 5.36. The van der Waals surface area contributed by atoms with E-state index in [-0.39, 0.29) is 0 Å². The molecule has 1 N–H and O–H groups in total. The molecule has 3 heteroatoms. The number of aromatic nitrogens is 2. The van der Waals surface area contributed by atoms with Gasteiger partial charge < -0.3 is 5.32 Å². The van der Waals surface area contributed by atoms with Crippen molar-refractivity contribution in [2.75, 3.05) is 7.05 Å². The van der Waals surface area contributed by atoms with Gasteiger partial charge in [-0.05, 0) is 32.7 Å². The molecule has 1 heterocycles. The maximum Gasteiger partial charge on any atom is 0.0641 e. The number of rotatable bonds is 3. The Morgan fingerprint density at radius 2 is 1.94 bits per heavy atom. The van der Waals surface area contributed by atoms with Gasteiger partial charge in [-0.1, -0.05) is 25.7 Å². The van der Waals surface area contributed by atoms with Gasteiger partial charge in [0, 0.05) is 24.8 Å². The van der Waals surface area contributed by atoms with E-state index in [1.165, 1.54) is 49.8 Å². The molecule has 3 nitrogen and oxygen atoms in total. The van der Waals surface area contributed by atoms with Gasteiger partial charge >= 0.3 is 0 Å². The van der Waals surface area contributed by atoms with Crippen molar-refractivity contribution in [3.63, 3.8) is 0 Å². The molecule has 1 unspecified atom stereocenters. The lowest BCUT2D eigenvalue weighted by molar-refractivity contribution is 0.340. The molecule has 0 saturated heterocycles. The van der Waals surface area contributed by atoms with Crippen LogP contribution in [0.3, 0.4) is 0 Å². The highest BCUT2D eigenvalue weighted by molar-refractivity contribution is 5.21. The summed E-state index contributed by atoms with van der Waals surface area (Å²) in [5.74, 6) is 0.783. The number of nitrogens with one attached hydrogen (secondary N) is 1. The van der Waals surface area contributed by atoms with E-state index in [1.807, 2.05) is 11.7 Å². The first-order valence-electron chi connectivity index (χ1n) is 6.89. The fourth-order valence-electron chi connectivity index (χ4n) is 3.21. The Kier molecular flexibility index (Phi) is 4.21. The molecule has 1 aromatic rings. The molecular formula is C14H25N3. The predicted molar refractivity (Wildman–Crippen MR) is 70.9 cm³/mol. The quantitative estimate of drug-likeness (QED) is 0.816. The van der Waals surface area contributed by atoms with Crippen molar-refractivity contribution in [3.8, 4) is 0 Å². The van der Waals surface area contributed by atoms with Crippen LogP contribution in [0, 0.1) is 12.8 Å². The standard InChI is InChI=1S/C14H25N3/c1-11-13(10-17(3)16-11)14(15-2)12-8-6-4-5-7-9-12/h10,12,14-15H,4-9H2,1-3H3. The van der Waals surface area contributed by atoms with E-state index in [9.17, 15) is 0 Å². The van der Waals surface area contributed by atoms with E-state index in [0.717, 1.165) is 5.92 Å². The Morgan fingerprint density at radius 3 is 2.41 bits per heavy atom. The zero-order valence-corrected chi connectivity index (χ0v) is 11.4. The molecule has 1 atom stereocenters. The van der Waals surface area contributed by atoms with Gasteiger partial charge in [-0.15, -0.1) is 0 Å². The summed E-state index contributed by atoms with van der Waals surface area (Å²) < 4.78 is 1.94. The van der Waals surface area contributed by atoms with Crippen LogP contribution in [0.5, 0.6) is 0 Å². The van der Waals surface area contributed by atoms with Crippen molar-refractivity contribution in [2.45, 2.75) is 51.5 Å². The monoisotopic (exact) mass is 235 g/mol. The maximum atomic E-state index is 4.47. The topological polar surface area (TPSA) is 29.9 Å². The third kappa shape index (κ3) is 2.89. The van der Waals surface area contributed by atoms with Crippen LogP contribution in [-0.2, 0) is 7.05 Å². The predicted octanol–water partition coefficient (Wildman–Crippen LogP) is 2.96. The van der Waals surface area contributed by atoms with Crippen molar-refractivity contribution in [1.29, 1.82) is 0 Å². The van der Waals surface area contributed by atoms with Crippen LogP contribution in [0.2, 0.25) is 0 Å². The van der Waals surface area contributed by atoms with E-state index < -0.39 is 0 Å². The molecule has 17 heavy (non-hydrogen) atoms. The third-order valence-electron chi connectivity index (χ3n) is 4.07. The van der Waals surface area contributed by atoms with E-state index in [0.29, 0.717) is 6.04 Å². The summed E-state index contributed by atoms with van der Waals surface area (Å²) in [5, 5.41) is 7.99. The molecule has 0 amide bonds. The van der Waals surface area contributed by atoms with Crippen LogP contribution in [0.25, 0.3) is 0 Å². The van der Waals surface area contributed by atoms with Crippen LogP contribution >= 0.6 is 0 Å². The molecule has 1 aliphatic carbocycles. The Bertz CT molecular complexity index is 348. The van der Waals surface area contributed by atoms with Crippen molar-refractivity contribution >= 4 is 0 Å².